The van der Waals surface area contributed by atoms with Gasteiger partial charge in [-0.25, -0.2) is 0 Å². The topological polar surface area (TPSA) is 6.48 Å². The predicted octanol–water partition coefficient (Wildman–Crippen LogP) is 17.5. The molecular formula is C56H40N2S2. The van der Waals surface area contributed by atoms with Gasteiger partial charge in [0.25, 0.3) is 0 Å². The fourth-order valence-electron chi connectivity index (χ4n) is 9.52. The highest BCUT2D eigenvalue weighted by Crippen LogP contribution is 2.51. The SMILES string of the molecule is Cc1ccc(N(c2ccc3ccc4c(N(c5ccc(C)c(C)c5)c5cccc6c5sc5ccccc56)ccc5ccc2c3c54)c2cccc3c2sc2ccccc23)cc1C. The molecule has 10 aromatic carbocycles. The minimum absolute atomic E-state index is 1.16. The van der Waals surface area contributed by atoms with E-state index in [1.807, 2.05) is 22.7 Å². The van der Waals surface area contributed by atoms with Crippen molar-refractivity contribution in [2.45, 2.75) is 27.7 Å². The van der Waals surface area contributed by atoms with E-state index in [0.29, 0.717) is 0 Å². The largest absolute Gasteiger partial charge is 0.308 e. The molecule has 286 valence electrons. The first-order valence-electron chi connectivity index (χ1n) is 20.7. The third kappa shape index (κ3) is 5.24. The molecule has 0 atom stereocenters. The van der Waals surface area contributed by atoms with E-state index in [2.05, 4.69) is 207 Å². The number of hydrogen-bond acceptors (Lipinski definition) is 4. The first-order chi connectivity index (χ1) is 29.4. The number of aryl methyl sites for hydroxylation is 4. The molecule has 2 aromatic heterocycles. The Morgan fingerprint density at radius 3 is 1.18 bits per heavy atom. The summed E-state index contributed by atoms with van der Waals surface area (Å²) in [6.45, 7) is 8.85. The maximum atomic E-state index is 2.51. The maximum absolute atomic E-state index is 2.51. The van der Waals surface area contributed by atoms with Crippen LogP contribution in [0.3, 0.4) is 0 Å². The first kappa shape index (κ1) is 35.2. The molecule has 0 bridgehead atoms. The minimum Gasteiger partial charge on any atom is -0.308 e. The van der Waals surface area contributed by atoms with Crippen molar-refractivity contribution < 1.29 is 0 Å². The van der Waals surface area contributed by atoms with E-state index in [1.165, 1.54) is 118 Å². The van der Waals surface area contributed by atoms with Gasteiger partial charge in [0.15, 0.2) is 0 Å². The molecule has 12 rings (SSSR count). The average molecular weight is 805 g/mol. The lowest BCUT2D eigenvalue weighted by atomic mass is 9.91. The molecule has 0 saturated heterocycles. The van der Waals surface area contributed by atoms with Crippen molar-refractivity contribution in [3.63, 3.8) is 0 Å². The second-order valence-corrected chi connectivity index (χ2v) is 18.4. The van der Waals surface area contributed by atoms with Gasteiger partial charge in [-0.3, -0.25) is 0 Å². The molecule has 0 amide bonds. The van der Waals surface area contributed by atoms with Crippen molar-refractivity contribution in [2.24, 2.45) is 0 Å². The van der Waals surface area contributed by atoms with Crippen LogP contribution in [0.1, 0.15) is 22.3 Å². The summed E-state index contributed by atoms with van der Waals surface area (Å²) in [7, 11) is 0. The van der Waals surface area contributed by atoms with E-state index in [-0.39, 0.29) is 0 Å². The Kier molecular flexibility index (Phi) is 7.87. The Morgan fingerprint density at radius 1 is 0.317 bits per heavy atom. The van der Waals surface area contributed by atoms with E-state index in [4.69, 9.17) is 0 Å². The van der Waals surface area contributed by atoms with E-state index in [0.717, 1.165) is 11.4 Å². The quantitative estimate of drug-likeness (QED) is 0.155. The standard InChI is InChI=1S/C56H40N2S2/c1-33-19-25-39(31-35(33)3)57(49-15-9-13-43-41-11-5-7-17-51(41)59-55(43)49)47-29-23-37-22-28-46-48(30-24-38-21-27-45(47)53(37)54(38)46)58(40-26-20-34(2)36(4)32-40)50-16-10-14-44-42-12-6-8-18-52(42)60-56(44)50/h5-32H,1-4H3. The van der Waals surface area contributed by atoms with Crippen LogP contribution in [0.2, 0.25) is 0 Å². The molecule has 0 aliphatic carbocycles. The summed E-state index contributed by atoms with van der Waals surface area (Å²) in [6.07, 6.45) is 0. The molecule has 0 N–H and O–H groups in total. The van der Waals surface area contributed by atoms with Crippen LogP contribution in [0.4, 0.5) is 34.1 Å². The highest BCUT2D eigenvalue weighted by Gasteiger charge is 2.25. The number of anilines is 6. The van der Waals surface area contributed by atoms with E-state index >= 15 is 0 Å². The van der Waals surface area contributed by atoms with E-state index in [1.54, 1.807) is 0 Å². The van der Waals surface area contributed by atoms with Gasteiger partial charge < -0.3 is 9.80 Å². The van der Waals surface area contributed by atoms with Crippen LogP contribution in [0.15, 0.2) is 170 Å². The molecule has 0 spiro atoms. The lowest BCUT2D eigenvalue weighted by Gasteiger charge is -2.30. The second-order valence-electron chi connectivity index (χ2n) is 16.3. The highest BCUT2D eigenvalue weighted by molar-refractivity contribution is 7.26. The van der Waals surface area contributed by atoms with Crippen LogP contribution in [0, 0.1) is 27.7 Å². The van der Waals surface area contributed by atoms with Crippen LogP contribution in [0.25, 0.3) is 72.7 Å². The zero-order chi connectivity index (χ0) is 40.2. The van der Waals surface area contributed by atoms with Gasteiger partial charge in [0.05, 0.1) is 32.1 Å². The first-order valence-corrected chi connectivity index (χ1v) is 22.3. The normalized spacial score (nSPS) is 12.0. The molecule has 0 unspecified atom stereocenters. The lowest BCUT2D eigenvalue weighted by Crippen LogP contribution is -2.12. The Labute approximate surface area is 357 Å². The van der Waals surface area contributed by atoms with E-state index < -0.39 is 0 Å². The molecule has 0 fully saturated rings. The van der Waals surface area contributed by atoms with Crippen molar-refractivity contribution in [2.75, 3.05) is 9.80 Å². The summed E-state index contributed by atoms with van der Waals surface area (Å²) in [5.74, 6) is 0. The van der Waals surface area contributed by atoms with Crippen molar-refractivity contribution in [3.05, 3.63) is 192 Å². The molecule has 4 heteroatoms. The molecule has 0 radical (unpaired) electrons. The Hall–Kier alpha value is -6.72. The van der Waals surface area contributed by atoms with Gasteiger partial charge in [-0.1, -0.05) is 109 Å². The number of nitrogens with zero attached hydrogens (tertiary/aromatic N) is 2. The maximum Gasteiger partial charge on any atom is 0.0640 e. The van der Waals surface area contributed by atoms with Crippen molar-refractivity contribution >= 4 is 129 Å². The van der Waals surface area contributed by atoms with Crippen molar-refractivity contribution in [1.29, 1.82) is 0 Å². The van der Waals surface area contributed by atoms with Gasteiger partial charge in [0, 0.05) is 53.1 Å². The monoisotopic (exact) mass is 804 g/mol. The molecule has 12 aromatic rings. The Bertz CT molecular complexity index is 3440. The Morgan fingerprint density at radius 2 is 0.733 bits per heavy atom. The Balaban J connectivity index is 1.14. The van der Waals surface area contributed by atoms with Crippen LogP contribution >= 0.6 is 22.7 Å². The third-order valence-electron chi connectivity index (χ3n) is 12.8. The predicted molar refractivity (Wildman–Crippen MR) is 264 cm³/mol. The second kappa shape index (κ2) is 13.4. The summed E-state index contributed by atoms with van der Waals surface area (Å²) in [5, 5.41) is 12.8. The summed E-state index contributed by atoms with van der Waals surface area (Å²) in [4.78, 5) is 5.03. The summed E-state index contributed by atoms with van der Waals surface area (Å²) < 4.78 is 5.21. The lowest BCUT2D eigenvalue weighted by molar-refractivity contribution is 1.27. The fraction of sp³-hybridized carbons (Fsp3) is 0.0714. The molecule has 0 aliphatic rings. The van der Waals surface area contributed by atoms with Gasteiger partial charge in [-0.15, -0.1) is 22.7 Å². The number of thiophene rings is 2. The van der Waals surface area contributed by atoms with Crippen LogP contribution in [0.5, 0.6) is 0 Å². The van der Waals surface area contributed by atoms with Gasteiger partial charge in [0.1, 0.15) is 0 Å². The summed E-state index contributed by atoms with van der Waals surface area (Å²) in [6, 6.07) is 63.8. The van der Waals surface area contributed by atoms with Crippen molar-refractivity contribution in [3.8, 4) is 0 Å². The minimum atomic E-state index is 1.16. The number of benzene rings is 10. The van der Waals surface area contributed by atoms with Gasteiger partial charge in [0.2, 0.25) is 0 Å². The smallest absolute Gasteiger partial charge is 0.0640 e. The van der Waals surface area contributed by atoms with Crippen LogP contribution in [-0.2, 0) is 0 Å². The summed E-state index contributed by atoms with van der Waals surface area (Å²) in [5.41, 5.74) is 12.2. The molecule has 60 heavy (non-hydrogen) atoms. The summed E-state index contributed by atoms with van der Waals surface area (Å²) >= 11 is 3.77. The number of fused-ring (bicyclic) bond motifs is 6. The van der Waals surface area contributed by atoms with Crippen LogP contribution in [-0.4, -0.2) is 0 Å². The third-order valence-corrected chi connectivity index (χ3v) is 15.3. The van der Waals surface area contributed by atoms with Crippen LogP contribution < -0.4 is 9.80 Å². The molecule has 2 heterocycles. The van der Waals surface area contributed by atoms with Gasteiger partial charge in [-0.05, 0) is 132 Å². The van der Waals surface area contributed by atoms with Crippen molar-refractivity contribution in [1.82, 2.24) is 0 Å². The fourth-order valence-corrected chi connectivity index (χ4v) is 11.9. The molecule has 2 nitrogen and oxygen atoms in total. The number of rotatable bonds is 6. The van der Waals surface area contributed by atoms with Gasteiger partial charge >= 0.3 is 0 Å². The molecule has 0 saturated carbocycles. The molecule has 0 aliphatic heterocycles. The number of hydrogen-bond donors (Lipinski definition) is 0. The zero-order valence-corrected chi connectivity index (χ0v) is 35.5. The van der Waals surface area contributed by atoms with E-state index in [9.17, 15) is 0 Å². The average Bonchev–Trinajstić information content (AvgIpc) is 3.86. The molecular weight excluding hydrogens is 765 g/mol. The van der Waals surface area contributed by atoms with Gasteiger partial charge in [-0.2, -0.15) is 0 Å². The zero-order valence-electron chi connectivity index (χ0n) is 33.9. The highest BCUT2D eigenvalue weighted by atomic mass is 32.1.